The predicted octanol–water partition coefficient (Wildman–Crippen LogP) is 5.57. The molecule has 0 saturated heterocycles. The van der Waals surface area contributed by atoms with Gasteiger partial charge in [-0.3, -0.25) is 4.79 Å². The lowest BCUT2D eigenvalue weighted by Crippen LogP contribution is -2.24. The fourth-order valence-corrected chi connectivity index (χ4v) is 3.95. The van der Waals surface area contributed by atoms with Crippen molar-refractivity contribution >= 4 is 17.6 Å². The van der Waals surface area contributed by atoms with Crippen LogP contribution in [0.3, 0.4) is 0 Å². The van der Waals surface area contributed by atoms with Crippen LogP contribution in [0.1, 0.15) is 34.0 Å². The topological polar surface area (TPSA) is 65.1 Å². The highest BCUT2D eigenvalue weighted by Gasteiger charge is 2.35. The minimum Gasteiger partial charge on any atom is -0.493 e. The summed E-state index contributed by atoms with van der Waals surface area (Å²) in [6, 6.07) is 14.1. The van der Waals surface area contributed by atoms with Crippen molar-refractivity contribution in [2.45, 2.75) is 26.1 Å². The molecule has 3 aromatic carbocycles. The van der Waals surface area contributed by atoms with Crippen LogP contribution in [0.4, 0.5) is 23.2 Å². The number of nitrogens with zero attached hydrogens (tertiary/aromatic N) is 1. The lowest BCUT2D eigenvalue weighted by atomic mass is 10.1. The molecule has 0 saturated carbocycles. The maximum Gasteiger partial charge on any atom is 0.416 e. The van der Waals surface area contributed by atoms with E-state index in [9.17, 15) is 27.2 Å². The molecule has 0 spiro atoms. The van der Waals surface area contributed by atoms with Crippen LogP contribution in [0.2, 0.25) is 0 Å². The maximum absolute atomic E-state index is 14.5. The first kappa shape index (κ1) is 26.0. The van der Waals surface area contributed by atoms with Crippen molar-refractivity contribution in [3.63, 3.8) is 0 Å². The van der Waals surface area contributed by atoms with Crippen molar-refractivity contribution in [2.75, 3.05) is 24.7 Å². The monoisotopic (exact) mass is 517 g/mol. The molecule has 0 radical (unpaired) electrons. The van der Waals surface area contributed by atoms with Gasteiger partial charge in [0, 0.05) is 17.5 Å². The highest BCUT2D eigenvalue weighted by Crippen LogP contribution is 2.37. The smallest absolute Gasteiger partial charge is 0.416 e. The molecular weight excluding hydrogens is 494 g/mol. The Kier molecular flexibility index (Phi) is 7.66. The molecule has 0 bridgehead atoms. The number of hydrogen-bond donors (Lipinski definition) is 0. The highest BCUT2D eigenvalue weighted by molar-refractivity contribution is 6.10. The summed E-state index contributed by atoms with van der Waals surface area (Å²) >= 11 is 0. The zero-order valence-corrected chi connectivity index (χ0v) is 19.8. The zero-order chi connectivity index (χ0) is 26.6. The molecule has 0 atom stereocenters. The van der Waals surface area contributed by atoms with Gasteiger partial charge in [0.25, 0.3) is 5.91 Å². The summed E-state index contributed by atoms with van der Waals surface area (Å²) in [5.41, 5.74) is 0.347. The molecule has 1 aliphatic rings. The summed E-state index contributed by atoms with van der Waals surface area (Å²) < 4.78 is 69.4. The van der Waals surface area contributed by atoms with E-state index in [1.165, 1.54) is 0 Å². The van der Waals surface area contributed by atoms with Gasteiger partial charge in [-0.25, -0.2) is 9.18 Å². The third kappa shape index (κ3) is 6.02. The number of hydrogen-bond acceptors (Lipinski definition) is 5. The summed E-state index contributed by atoms with van der Waals surface area (Å²) in [6.45, 7) is 1.99. The SMILES string of the molecule is CCOC(=O)COc1cccc(CCOc2cccc3c2CN(c2ccc(C(F)(F)F)cc2F)C3=O)c1. The summed E-state index contributed by atoms with van der Waals surface area (Å²) in [6.07, 6.45) is -4.20. The molecule has 1 amide bonds. The molecule has 0 N–H and O–H groups in total. The number of amides is 1. The van der Waals surface area contributed by atoms with E-state index >= 15 is 0 Å². The molecular formula is C27H23F4NO5. The van der Waals surface area contributed by atoms with Crippen LogP contribution in [0.15, 0.2) is 60.7 Å². The average Bonchev–Trinajstić information content (AvgIpc) is 3.19. The molecule has 0 unspecified atom stereocenters. The first-order valence-electron chi connectivity index (χ1n) is 11.5. The second-order valence-electron chi connectivity index (χ2n) is 8.18. The number of carbonyl (C=O) groups is 2. The summed E-state index contributed by atoms with van der Waals surface area (Å²) in [7, 11) is 0. The fourth-order valence-electron chi connectivity index (χ4n) is 3.95. The molecule has 37 heavy (non-hydrogen) atoms. The standard InChI is InChI=1S/C27H23F4NO5/c1-2-35-25(33)16-37-19-6-3-5-17(13-19)11-12-36-24-8-4-7-20-21(24)15-32(26(20)34)23-10-9-18(14-22(23)28)27(29,30)31/h3-10,13-14H,2,11-12,15-16H2,1H3. The van der Waals surface area contributed by atoms with Gasteiger partial charge >= 0.3 is 12.1 Å². The van der Waals surface area contributed by atoms with Crippen LogP contribution in [-0.2, 0) is 28.7 Å². The number of esters is 1. The van der Waals surface area contributed by atoms with E-state index in [1.807, 2.05) is 6.07 Å². The predicted molar refractivity (Wildman–Crippen MR) is 126 cm³/mol. The molecule has 1 aliphatic heterocycles. The number of carbonyl (C=O) groups excluding carboxylic acids is 2. The van der Waals surface area contributed by atoms with Crippen LogP contribution in [0.25, 0.3) is 0 Å². The van der Waals surface area contributed by atoms with Crippen LogP contribution < -0.4 is 14.4 Å². The van der Waals surface area contributed by atoms with E-state index in [4.69, 9.17) is 14.2 Å². The molecule has 4 rings (SSSR count). The molecule has 1 heterocycles. The van der Waals surface area contributed by atoms with Crippen molar-refractivity contribution < 1.29 is 41.4 Å². The van der Waals surface area contributed by atoms with E-state index in [-0.39, 0.29) is 32.1 Å². The minimum atomic E-state index is -4.69. The van der Waals surface area contributed by atoms with Crippen molar-refractivity contribution in [1.29, 1.82) is 0 Å². The van der Waals surface area contributed by atoms with E-state index in [0.717, 1.165) is 22.6 Å². The van der Waals surface area contributed by atoms with E-state index in [0.29, 0.717) is 35.1 Å². The van der Waals surface area contributed by atoms with Gasteiger partial charge in [0.05, 0.1) is 31.0 Å². The molecule has 10 heteroatoms. The molecule has 0 aliphatic carbocycles. The highest BCUT2D eigenvalue weighted by atomic mass is 19.4. The second kappa shape index (κ2) is 10.9. The number of benzene rings is 3. The van der Waals surface area contributed by atoms with E-state index < -0.39 is 29.4 Å². The third-order valence-electron chi connectivity index (χ3n) is 5.70. The number of rotatable bonds is 9. The Morgan fingerprint density at radius 2 is 1.81 bits per heavy atom. The van der Waals surface area contributed by atoms with Gasteiger partial charge in [0.15, 0.2) is 6.61 Å². The molecule has 3 aromatic rings. The Balaban J connectivity index is 1.41. The first-order valence-corrected chi connectivity index (χ1v) is 11.5. The summed E-state index contributed by atoms with van der Waals surface area (Å²) in [5, 5.41) is 0. The lowest BCUT2D eigenvalue weighted by Gasteiger charge is -2.18. The zero-order valence-electron chi connectivity index (χ0n) is 19.8. The Hall–Kier alpha value is -4.08. The van der Waals surface area contributed by atoms with Crippen molar-refractivity contribution in [3.05, 3.63) is 88.7 Å². The number of alkyl halides is 3. The number of fused-ring (bicyclic) bond motifs is 1. The number of ether oxygens (including phenoxy) is 3. The van der Waals surface area contributed by atoms with Crippen molar-refractivity contribution in [1.82, 2.24) is 0 Å². The van der Waals surface area contributed by atoms with Gasteiger partial charge in [-0.15, -0.1) is 0 Å². The van der Waals surface area contributed by atoms with Gasteiger partial charge in [0.1, 0.15) is 17.3 Å². The van der Waals surface area contributed by atoms with E-state index in [1.54, 1.807) is 43.3 Å². The Morgan fingerprint density at radius 1 is 1.03 bits per heavy atom. The van der Waals surface area contributed by atoms with Crippen molar-refractivity contribution in [3.8, 4) is 11.5 Å². The quantitative estimate of drug-likeness (QED) is 0.274. The van der Waals surface area contributed by atoms with Crippen LogP contribution >= 0.6 is 0 Å². The summed E-state index contributed by atoms with van der Waals surface area (Å²) in [4.78, 5) is 25.5. The van der Waals surface area contributed by atoms with Crippen LogP contribution in [-0.4, -0.2) is 31.7 Å². The lowest BCUT2D eigenvalue weighted by molar-refractivity contribution is -0.145. The van der Waals surface area contributed by atoms with Gasteiger partial charge < -0.3 is 19.1 Å². The molecule has 6 nitrogen and oxygen atoms in total. The van der Waals surface area contributed by atoms with Crippen LogP contribution in [0.5, 0.6) is 11.5 Å². The molecule has 194 valence electrons. The van der Waals surface area contributed by atoms with Crippen LogP contribution in [0, 0.1) is 5.82 Å². The van der Waals surface area contributed by atoms with Gasteiger partial charge in [-0.2, -0.15) is 13.2 Å². The molecule has 0 aromatic heterocycles. The Labute approximate surface area is 210 Å². The van der Waals surface area contributed by atoms with Gasteiger partial charge in [-0.1, -0.05) is 18.2 Å². The normalized spacial score (nSPS) is 12.9. The minimum absolute atomic E-state index is 0.0379. The van der Waals surface area contributed by atoms with Gasteiger partial charge in [0.2, 0.25) is 0 Å². The Morgan fingerprint density at radius 3 is 2.54 bits per heavy atom. The largest absolute Gasteiger partial charge is 0.493 e. The van der Waals surface area contributed by atoms with E-state index in [2.05, 4.69) is 0 Å². The number of halogens is 4. The van der Waals surface area contributed by atoms with Crippen molar-refractivity contribution in [2.24, 2.45) is 0 Å². The second-order valence-corrected chi connectivity index (χ2v) is 8.18. The fraction of sp³-hybridized carbons (Fsp3) is 0.259. The van der Waals surface area contributed by atoms with Gasteiger partial charge in [-0.05, 0) is 55.0 Å². The Bertz CT molecular complexity index is 1310. The summed E-state index contributed by atoms with van der Waals surface area (Å²) in [5.74, 6) is -1.19. The molecule has 0 fully saturated rings. The average molecular weight is 517 g/mol. The first-order chi connectivity index (χ1) is 17.7. The maximum atomic E-state index is 14.5. The third-order valence-corrected chi connectivity index (χ3v) is 5.70. The number of anilines is 1.